The van der Waals surface area contributed by atoms with Crippen molar-refractivity contribution in [1.82, 2.24) is 25.2 Å². The molecule has 13 heteroatoms. The Bertz CT molecular complexity index is 1410. The number of fused-ring (bicyclic) bond motifs is 1. The van der Waals surface area contributed by atoms with Crippen LogP contribution in [-0.2, 0) is 9.53 Å². The lowest BCUT2D eigenvalue weighted by molar-refractivity contribution is -0.135. The van der Waals surface area contributed by atoms with E-state index < -0.39 is 36.7 Å². The number of ether oxygens (including phenoxy) is 2. The van der Waals surface area contributed by atoms with Crippen LogP contribution in [0.25, 0.3) is 22.3 Å². The summed E-state index contributed by atoms with van der Waals surface area (Å²) in [6.07, 6.45) is 0.522. The molecule has 2 aliphatic rings. The maximum Gasteiger partial charge on any atom is 0.286 e. The minimum absolute atomic E-state index is 0.0107. The van der Waals surface area contributed by atoms with Gasteiger partial charge in [0.25, 0.3) is 18.3 Å². The van der Waals surface area contributed by atoms with Crippen LogP contribution in [0.15, 0.2) is 24.5 Å². The van der Waals surface area contributed by atoms with E-state index in [-0.39, 0.29) is 41.0 Å². The molecule has 1 atom stereocenters. The number of hydrogen-bond acceptors (Lipinski definition) is 6. The van der Waals surface area contributed by atoms with E-state index >= 15 is 0 Å². The van der Waals surface area contributed by atoms with Crippen molar-refractivity contribution >= 4 is 22.8 Å². The van der Waals surface area contributed by atoms with Crippen LogP contribution >= 0.6 is 0 Å². The summed E-state index contributed by atoms with van der Waals surface area (Å²) in [4.78, 5) is 37.8. The van der Waals surface area contributed by atoms with Gasteiger partial charge in [0.05, 0.1) is 24.2 Å². The van der Waals surface area contributed by atoms with E-state index in [1.165, 1.54) is 31.6 Å². The Labute approximate surface area is 220 Å². The number of amides is 2. The Balaban J connectivity index is 1.48. The third kappa shape index (κ3) is 5.40. The number of carbonyl (C=O) groups excluding carboxylic acids is 2. The van der Waals surface area contributed by atoms with Crippen LogP contribution in [-0.4, -0.2) is 77.0 Å². The van der Waals surface area contributed by atoms with E-state index in [1.54, 1.807) is 6.92 Å². The summed E-state index contributed by atoms with van der Waals surface area (Å²) < 4.78 is 67.1. The van der Waals surface area contributed by atoms with Crippen molar-refractivity contribution in [3.63, 3.8) is 0 Å². The topological polar surface area (TPSA) is 109 Å². The Morgan fingerprint density at radius 2 is 2.03 bits per heavy atom. The molecule has 1 aliphatic carbocycles. The van der Waals surface area contributed by atoms with Gasteiger partial charge in [0.15, 0.2) is 0 Å². The number of hydrogen-bond donors (Lipinski definition) is 2. The molecule has 2 fully saturated rings. The fraction of sp³-hybridized carbons (Fsp3) is 0.462. The zero-order chi connectivity index (χ0) is 27.9. The van der Waals surface area contributed by atoms with E-state index in [2.05, 4.69) is 20.3 Å². The number of nitrogens with one attached hydrogen (secondary N) is 2. The summed E-state index contributed by atoms with van der Waals surface area (Å²) in [6, 6.07) is 2.42. The standard InChI is InChI=1S/C26H27F4N5O4/c1-13-20(25(37)34-18-8-35(11-26(18,29)30)19(36)10-38-2)22-23(33-13)21(31-12-32-22)16-7-15(24(27)28)5-6-17(16)39-9-14-3-4-14/h5-7,12,14,18,24,33H,3-4,8-11H2,1-2H3,(H,34,37). The zero-order valence-corrected chi connectivity index (χ0v) is 21.3. The van der Waals surface area contributed by atoms with E-state index in [1.807, 2.05) is 0 Å². The number of rotatable bonds is 9. The first-order valence-corrected chi connectivity index (χ1v) is 12.4. The van der Waals surface area contributed by atoms with Crippen molar-refractivity contribution in [3.05, 3.63) is 41.3 Å². The highest BCUT2D eigenvalue weighted by Crippen LogP contribution is 2.38. The zero-order valence-electron chi connectivity index (χ0n) is 21.3. The Morgan fingerprint density at radius 1 is 1.26 bits per heavy atom. The summed E-state index contributed by atoms with van der Waals surface area (Å²) >= 11 is 0. The predicted molar refractivity (Wildman–Crippen MR) is 132 cm³/mol. The summed E-state index contributed by atoms with van der Waals surface area (Å²) in [6.45, 7) is 0.430. The maximum absolute atomic E-state index is 14.7. The molecule has 5 rings (SSSR count). The molecular formula is C26H27F4N5O4. The van der Waals surface area contributed by atoms with E-state index in [0.29, 0.717) is 29.5 Å². The highest BCUT2D eigenvalue weighted by atomic mass is 19.3. The molecule has 0 radical (unpaired) electrons. The molecule has 2 amide bonds. The van der Waals surface area contributed by atoms with Crippen LogP contribution in [0.3, 0.4) is 0 Å². The van der Waals surface area contributed by atoms with Gasteiger partial charge in [-0.3, -0.25) is 9.59 Å². The van der Waals surface area contributed by atoms with Gasteiger partial charge in [0.2, 0.25) is 5.91 Å². The summed E-state index contributed by atoms with van der Waals surface area (Å²) in [5.41, 5.74) is 1.05. The molecule has 1 saturated carbocycles. The molecule has 3 heterocycles. The van der Waals surface area contributed by atoms with Gasteiger partial charge in [-0.05, 0) is 43.9 Å². The van der Waals surface area contributed by atoms with Crippen LogP contribution < -0.4 is 10.1 Å². The second-order valence-corrected chi connectivity index (χ2v) is 9.88. The van der Waals surface area contributed by atoms with Gasteiger partial charge in [-0.15, -0.1) is 0 Å². The number of aromatic nitrogens is 3. The first kappa shape index (κ1) is 26.9. The van der Waals surface area contributed by atoms with Gasteiger partial charge in [0, 0.05) is 30.5 Å². The molecular weight excluding hydrogens is 522 g/mol. The first-order valence-electron chi connectivity index (χ1n) is 12.4. The third-order valence-corrected chi connectivity index (χ3v) is 6.92. The van der Waals surface area contributed by atoms with Crippen molar-refractivity contribution in [3.8, 4) is 17.0 Å². The van der Waals surface area contributed by atoms with E-state index in [9.17, 15) is 27.2 Å². The number of benzene rings is 1. The molecule has 3 aromatic rings. The Kier molecular flexibility index (Phi) is 7.19. The van der Waals surface area contributed by atoms with Crippen LogP contribution in [0, 0.1) is 12.8 Å². The normalized spacial score (nSPS) is 18.6. The lowest BCUT2D eigenvalue weighted by atomic mass is 10.0. The molecule has 1 unspecified atom stereocenters. The largest absolute Gasteiger partial charge is 0.493 e. The Hall–Kier alpha value is -3.74. The van der Waals surface area contributed by atoms with Crippen LogP contribution in [0.2, 0.25) is 0 Å². The molecule has 1 saturated heterocycles. The lowest BCUT2D eigenvalue weighted by Crippen LogP contribution is -2.46. The number of aryl methyl sites for hydroxylation is 1. The number of carbonyl (C=O) groups is 2. The fourth-order valence-corrected chi connectivity index (χ4v) is 4.66. The molecule has 9 nitrogen and oxygen atoms in total. The average Bonchev–Trinajstić information content (AvgIpc) is 3.58. The van der Waals surface area contributed by atoms with Gasteiger partial charge >= 0.3 is 0 Å². The summed E-state index contributed by atoms with van der Waals surface area (Å²) in [5, 5.41) is 2.34. The number of halogens is 4. The van der Waals surface area contributed by atoms with Gasteiger partial charge in [-0.1, -0.05) is 0 Å². The average molecular weight is 550 g/mol. The SMILES string of the molecule is COCC(=O)N1CC(NC(=O)c2c(C)[nH]c3c(-c4cc(C(F)F)ccc4OCC4CC4)ncnc23)C(F)(F)C1. The van der Waals surface area contributed by atoms with Gasteiger partial charge in [0.1, 0.15) is 35.9 Å². The molecule has 1 aromatic carbocycles. The highest BCUT2D eigenvalue weighted by Gasteiger charge is 2.50. The second-order valence-electron chi connectivity index (χ2n) is 9.88. The van der Waals surface area contributed by atoms with Crippen molar-refractivity contribution < 1.29 is 36.6 Å². The molecule has 208 valence electrons. The van der Waals surface area contributed by atoms with Crippen LogP contribution in [0.1, 0.15) is 40.9 Å². The molecule has 2 N–H and O–H groups in total. The molecule has 39 heavy (non-hydrogen) atoms. The van der Waals surface area contributed by atoms with E-state index in [4.69, 9.17) is 9.47 Å². The predicted octanol–water partition coefficient (Wildman–Crippen LogP) is 3.88. The molecule has 0 spiro atoms. The molecule has 1 aliphatic heterocycles. The third-order valence-electron chi connectivity index (χ3n) is 6.92. The van der Waals surface area contributed by atoms with Gasteiger partial charge < -0.3 is 24.7 Å². The monoisotopic (exact) mass is 549 g/mol. The maximum atomic E-state index is 14.7. The first-order chi connectivity index (χ1) is 18.6. The quantitative estimate of drug-likeness (QED) is 0.392. The number of likely N-dealkylation sites (tertiary alicyclic amines) is 1. The van der Waals surface area contributed by atoms with Gasteiger partial charge in [-0.25, -0.2) is 27.5 Å². The van der Waals surface area contributed by atoms with Crippen molar-refractivity contribution in [2.75, 3.05) is 33.4 Å². The number of alkyl halides is 4. The van der Waals surface area contributed by atoms with E-state index in [0.717, 1.165) is 17.7 Å². The minimum atomic E-state index is -3.36. The smallest absolute Gasteiger partial charge is 0.286 e. The summed E-state index contributed by atoms with van der Waals surface area (Å²) in [5.74, 6) is -4.02. The lowest BCUT2D eigenvalue weighted by Gasteiger charge is -2.18. The Morgan fingerprint density at radius 3 is 2.72 bits per heavy atom. The fourth-order valence-electron chi connectivity index (χ4n) is 4.66. The number of nitrogens with zero attached hydrogens (tertiary/aromatic N) is 3. The van der Waals surface area contributed by atoms with Crippen molar-refractivity contribution in [2.24, 2.45) is 5.92 Å². The number of H-pyrrole nitrogens is 1. The molecule has 2 aromatic heterocycles. The number of aromatic amines is 1. The van der Waals surface area contributed by atoms with Crippen LogP contribution in [0.5, 0.6) is 5.75 Å². The molecule has 0 bridgehead atoms. The van der Waals surface area contributed by atoms with Crippen molar-refractivity contribution in [2.45, 2.75) is 38.2 Å². The minimum Gasteiger partial charge on any atom is -0.493 e. The van der Waals surface area contributed by atoms with Crippen molar-refractivity contribution in [1.29, 1.82) is 0 Å². The highest BCUT2D eigenvalue weighted by molar-refractivity contribution is 6.09. The second kappa shape index (κ2) is 10.4. The number of methoxy groups -OCH3 is 1. The summed E-state index contributed by atoms with van der Waals surface area (Å²) in [7, 11) is 1.28. The van der Waals surface area contributed by atoms with Gasteiger partial charge in [-0.2, -0.15) is 0 Å². The van der Waals surface area contributed by atoms with Crippen LogP contribution in [0.4, 0.5) is 17.6 Å².